The number of nitrogens with two attached hydrogens (primary N) is 1. The molecule has 1 heterocycles. The average molecular weight is 177 g/mol. The van der Waals surface area contributed by atoms with Crippen molar-refractivity contribution in [2.75, 3.05) is 0 Å². The Morgan fingerprint density at radius 3 is 2.75 bits per heavy atom. The number of halogens is 2. The Morgan fingerprint density at radius 1 is 1.50 bits per heavy atom. The summed E-state index contributed by atoms with van der Waals surface area (Å²) in [6.45, 7) is 0.318. The van der Waals surface area contributed by atoms with Crippen LogP contribution < -0.4 is 5.73 Å². The molecule has 0 aliphatic rings. The van der Waals surface area contributed by atoms with Crippen molar-refractivity contribution < 1.29 is 8.78 Å². The summed E-state index contributed by atoms with van der Waals surface area (Å²) in [5.41, 5.74) is 5.10. The maximum Gasteiger partial charge on any atom is 0.253 e. The van der Waals surface area contributed by atoms with Crippen molar-refractivity contribution in [3.8, 4) is 0 Å². The Balaban J connectivity index is 2.27. The van der Waals surface area contributed by atoms with Crippen molar-refractivity contribution in [1.29, 1.82) is 0 Å². The molecule has 1 atom stereocenters. The molecule has 1 rings (SSSR count). The third-order valence-corrected chi connectivity index (χ3v) is 1.41. The molecule has 0 aliphatic carbocycles. The van der Waals surface area contributed by atoms with Crippen molar-refractivity contribution in [1.82, 2.24) is 20.2 Å². The van der Waals surface area contributed by atoms with Gasteiger partial charge in [-0.25, -0.2) is 13.5 Å². The highest BCUT2D eigenvalue weighted by Gasteiger charge is 2.14. The number of alkyl halides is 2. The molecule has 0 aromatic carbocycles. The first-order valence-electron chi connectivity index (χ1n) is 3.44. The Kier molecular flexibility index (Phi) is 3.03. The molecule has 0 radical (unpaired) electrons. The molecule has 5 nitrogen and oxygen atoms in total. The van der Waals surface area contributed by atoms with Crippen LogP contribution in [0.5, 0.6) is 0 Å². The van der Waals surface area contributed by atoms with Crippen LogP contribution in [0.3, 0.4) is 0 Å². The summed E-state index contributed by atoms with van der Waals surface area (Å²) in [5.74, 6) is 0. The standard InChI is InChI=1S/C5H9F2N5/c6-5(7)4(8)1-2-12-3-9-10-11-12/h3-5H,1-2,8H2. The van der Waals surface area contributed by atoms with Gasteiger partial charge in [0.05, 0.1) is 6.04 Å². The van der Waals surface area contributed by atoms with Gasteiger partial charge in [0.25, 0.3) is 6.43 Å². The fourth-order valence-corrected chi connectivity index (χ4v) is 0.690. The Morgan fingerprint density at radius 2 is 2.25 bits per heavy atom. The summed E-state index contributed by atoms with van der Waals surface area (Å²) < 4.78 is 25.1. The van der Waals surface area contributed by atoms with Gasteiger partial charge in [0.15, 0.2) is 0 Å². The zero-order valence-electron chi connectivity index (χ0n) is 6.27. The molecule has 0 amide bonds. The lowest BCUT2D eigenvalue weighted by molar-refractivity contribution is 0.109. The number of tetrazole rings is 1. The Bertz CT molecular complexity index is 212. The molecule has 0 aliphatic heterocycles. The van der Waals surface area contributed by atoms with E-state index in [0.29, 0.717) is 6.54 Å². The first-order valence-corrected chi connectivity index (χ1v) is 3.44. The van der Waals surface area contributed by atoms with Gasteiger partial charge in [0.1, 0.15) is 6.33 Å². The van der Waals surface area contributed by atoms with Crippen LogP contribution in [0.2, 0.25) is 0 Å². The normalized spacial score (nSPS) is 13.7. The van der Waals surface area contributed by atoms with Crippen molar-refractivity contribution in [2.45, 2.75) is 25.4 Å². The predicted octanol–water partition coefficient (Wildman–Crippen LogP) is -0.344. The molecule has 7 heteroatoms. The van der Waals surface area contributed by atoms with Crippen LogP contribution in [-0.4, -0.2) is 32.7 Å². The molecule has 0 fully saturated rings. The average Bonchev–Trinajstić information content (AvgIpc) is 2.51. The molecular weight excluding hydrogens is 168 g/mol. The highest BCUT2D eigenvalue weighted by molar-refractivity contribution is 4.63. The van der Waals surface area contributed by atoms with E-state index in [1.807, 2.05) is 0 Å². The van der Waals surface area contributed by atoms with Crippen LogP contribution in [-0.2, 0) is 6.54 Å². The second kappa shape index (κ2) is 4.05. The maximum absolute atomic E-state index is 11.9. The number of hydrogen-bond donors (Lipinski definition) is 1. The highest BCUT2D eigenvalue weighted by Crippen LogP contribution is 2.02. The van der Waals surface area contributed by atoms with Crippen molar-refractivity contribution in [2.24, 2.45) is 5.73 Å². The van der Waals surface area contributed by atoms with Gasteiger partial charge in [0, 0.05) is 6.54 Å². The van der Waals surface area contributed by atoms with Crippen LogP contribution in [0.25, 0.3) is 0 Å². The van der Waals surface area contributed by atoms with Gasteiger partial charge in [-0.15, -0.1) is 5.10 Å². The fourth-order valence-electron chi connectivity index (χ4n) is 0.690. The predicted molar refractivity (Wildman–Crippen MR) is 36.4 cm³/mol. The van der Waals surface area contributed by atoms with Crippen molar-refractivity contribution >= 4 is 0 Å². The van der Waals surface area contributed by atoms with Crippen LogP contribution in [0.15, 0.2) is 6.33 Å². The van der Waals surface area contributed by atoms with E-state index in [1.54, 1.807) is 0 Å². The number of nitrogens with zero attached hydrogens (tertiary/aromatic N) is 4. The third kappa shape index (κ3) is 2.50. The van der Waals surface area contributed by atoms with E-state index in [2.05, 4.69) is 15.5 Å². The SMILES string of the molecule is NC(CCn1cnnn1)C(F)F. The number of hydrogen-bond acceptors (Lipinski definition) is 4. The lowest BCUT2D eigenvalue weighted by Crippen LogP contribution is -2.29. The van der Waals surface area contributed by atoms with Crippen molar-refractivity contribution in [3.05, 3.63) is 6.33 Å². The van der Waals surface area contributed by atoms with Gasteiger partial charge in [0.2, 0.25) is 0 Å². The number of rotatable bonds is 4. The molecule has 0 saturated heterocycles. The molecule has 0 saturated carbocycles. The smallest absolute Gasteiger partial charge is 0.253 e. The molecule has 68 valence electrons. The summed E-state index contributed by atoms with van der Waals surface area (Å²) >= 11 is 0. The quantitative estimate of drug-likeness (QED) is 0.682. The van der Waals surface area contributed by atoms with Gasteiger partial charge in [-0.05, 0) is 16.8 Å². The van der Waals surface area contributed by atoms with E-state index in [9.17, 15) is 8.78 Å². The molecule has 12 heavy (non-hydrogen) atoms. The minimum atomic E-state index is -2.48. The van der Waals surface area contributed by atoms with Crippen LogP contribution in [0.4, 0.5) is 8.78 Å². The van der Waals surface area contributed by atoms with E-state index in [-0.39, 0.29) is 6.42 Å². The van der Waals surface area contributed by atoms with Crippen molar-refractivity contribution in [3.63, 3.8) is 0 Å². The summed E-state index contributed by atoms with van der Waals surface area (Å²) in [6, 6.07) is -1.10. The third-order valence-electron chi connectivity index (χ3n) is 1.41. The second-order valence-corrected chi connectivity index (χ2v) is 2.36. The van der Waals surface area contributed by atoms with E-state index in [0.717, 1.165) is 0 Å². The molecule has 0 bridgehead atoms. The minimum absolute atomic E-state index is 0.169. The molecule has 1 unspecified atom stereocenters. The second-order valence-electron chi connectivity index (χ2n) is 2.36. The van der Waals surface area contributed by atoms with Gasteiger partial charge >= 0.3 is 0 Å². The van der Waals surface area contributed by atoms with Crippen LogP contribution >= 0.6 is 0 Å². The van der Waals surface area contributed by atoms with Crippen LogP contribution in [0.1, 0.15) is 6.42 Å². The molecule has 2 N–H and O–H groups in total. The topological polar surface area (TPSA) is 69.6 Å². The van der Waals surface area contributed by atoms with Crippen LogP contribution in [0, 0.1) is 0 Å². The Hall–Kier alpha value is -1.11. The first kappa shape index (κ1) is 8.98. The fraction of sp³-hybridized carbons (Fsp3) is 0.800. The largest absolute Gasteiger partial charge is 0.323 e. The van der Waals surface area contributed by atoms with Gasteiger partial charge in [-0.1, -0.05) is 0 Å². The lowest BCUT2D eigenvalue weighted by Gasteiger charge is -2.08. The first-order chi connectivity index (χ1) is 5.70. The summed E-state index contributed by atoms with van der Waals surface area (Å²) in [5, 5.41) is 10.2. The molecule has 0 spiro atoms. The Labute approximate surface area is 67.5 Å². The molecular formula is C5H9F2N5. The summed E-state index contributed by atoms with van der Waals surface area (Å²) in [6.07, 6.45) is -0.956. The number of aromatic nitrogens is 4. The van der Waals surface area contributed by atoms with E-state index < -0.39 is 12.5 Å². The lowest BCUT2D eigenvalue weighted by atomic mass is 10.2. The molecule has 1 aromatic heterocycles. The zero-order valence-corrected chi connectivity index (χ0v) is 6.27. The summed E-state index contributed by atoms with van der Waals surface area (Å²) in [7, 11) is 0. The summed E-state index contributed by atoms with van der Waals surface area (Å²) in [4.78, 5) is 0. The zero-order chi connectivity index (χ0) is 8.97. The van der Waals surface area contributed by atoms with E-state index in [1.165, 1.54) is 11.0 Å². The van der Waals surface area contributed by atoms with Gasteiger partial charge in [-0.2, -0.15) is 0 Å². The van der Waals surface area contributed by atoms with Gasteiger partial charge in [-0.3, -0.25) is 0 Å². The van der Waals surface area contributed by atoms with E-state index >= 15 is 0 Å². The minimum Gasteiger partial charge on any atom is -0.323 e. The van der Waals surface area contributed by atoms with E-state index in [4.69, 9.17) is 5.73 Å². The molecule has 1 aromatic rings. The van der Waals surface area contributed by atoms with Gasteiger partial charge < -0.3 is 5.73 Å². The monoisotopic (exact) mass is 177 g/mol. The maximum atomic E-state index is 11.9. The highest BCUT2D eigenvalue weighted by atomic mass is 19.3. The number of aryl methyl sites for hydroxylation is 1.